The highest BCUT2D eigenvalue weighted by Crippen LogP contribution is 2.39. The fraction of sp³-hybridized carbons (Fsp3) is 0.900. The molecule has 4 aliphatic rings. The molecular formula is C20H33N5O2S. The van der Waals surface area contributed by atoms with Gasteiger partial charge in [0.25, 0.3) is 0 Å². The molecule has 0 aromatic carbocycles. The molecule has 0 bridgehead atoms. The molecule has 1 aliphatic carbocycles. The van der Waals surface area contributed by atoms with Crippen LogP contribution < -0.4 is 5.32 Å². The lowest BCUT2D eigenvalue weighted by molar-refractivity contribution is -0.144. The van der Waals surface area contributed by atoms with Gasteiger partial charge in [-0.3, -0.25) is 9.69 Å². The lowest BCUT2D eigenvalue weighted by Crippen LogP contribution is -2.65. The van der Waals surface area contributed by atoms with Gasteiger partial charge in [-0.05, 0) is 26.7 Å². The van der Waals surface area contributed by atoms with Gasteiger partial charge in [-0.25, -0.2) is 0 Å². The van der Waals surface area contributed by atoms with Crippen molar-refractivity contribution in [2.75, 3.05) is 39.3 Å². The quantitative estimate of drug-likeness (QED) is 0.704. The van der Waals surface area contributed by atoms with Gasteiger partial charge in [0.05, 0.1) is 29.5 Å². The molecule has 4 unspecified atom stereocenters. The summed E-state index contributed by atoms with van der Waals surface area (Å²) in [6.07, 6.45) is 7.69. The topological polar surface area (TPSA) is 71.8 Å². The average Bonchev–Trinajstić information content (AvgIpc) is 3.18. The van der Waals surface area contributed by atoms with Crippen LogP contribution in [0.15, 0.2) is 0 Å². The van der Waals surface area contributed by atoms with Crippen LogP contribution in [-0.4, -0.2) is 88.9 Å². The van der Waals surface area contributed by atoms with Crippen molar-refractivity contribution in [3.05, 3.63) is 0 Å². The van der Waals surface area contributed by atoms with Crippen molar-refractivity contribution in [3.8, 4) is 6.19 Å². The van der Waals surface area contributed by atoms with E-state index in [4.69, 9.17) is 4.74 Å². The van der Waals surface area contributed by atoms with Crippen molar-refractivity contribution in [1.82, 2.24) is 20.0 Å². The van der Waals surface area contributed by atoms with Crippen molar-refractivity contribution in [1.29, 1.82) is 5.26 Å². The molecule has 0 radical (unpaired) electrons. The average molecular weight is 408 g/mol. The van der Waals surface area contributed by atoms with Gasteiger partial charge in [-0.15, -0.1) is 11.8 Å². The number of carbonyl (C=O) groups excluding carboxylic acids is 1. The molecule has 1 amide bonds. The number of rotatable bonds is 4. The van der Waals surface area contributed by atoms with Gasteiger partial charge < -0.3 is 19.9 Å². The Morgan fingerprint density at radius 2 is 2.00 bits per heavy atom. The van der Waals surface area contributed by atoms with Gasteiger partial charge in [-0.2, -0.15) is 5.26 Å². The SMILES string of the molecule is CC(C)OC1CCCCC1C1NCC(N2CCN3CCN(C#N)C[C@@H]3C2=O)S1. The number of hydrogen-bond donors (Lipinski definition) is 1. The Kier molecular flexibility index (Phi) is 6.36. The fourth-order valence-electron chi connectivity index (χ4n) is 5.15. The van der Waals surface area contributed by atoms with Gasteiger partial charge >= 0.3 is 0 Å². The Labute approximate surface area is 172 Å². The maximum absolute atomic E-state index is 13.2. The summed E-state index contributed by atoms with van der Waals surface area (Å²) in [6, 6.07) is -0.159. The highest BCUT2D eigenvalue weighted by Gasteiger charge is 2.45. The van der Waals surface area contributed by atoms with Gasteiger partial charge in [-0.1, -0.05) is 12.8 Å². The molecular weight excluding hydrogens is 374 g/mol. The monoisotopic (exact) mass is 407 g/mol. The number of nitrogens with zero attached hydrogens (tertiary/aromatic N) is 4. The van der Waals surface area contributed by atoms with Crippen LogP contribution >= 0.6 is 11.8 Å². The summed E-state index contributed by atoms with van der Waals surface area (Å²) in [5, 5.41) is 13.5. The Morgan fingerprint density at radius 3 is 2.79 bits per heavy atom. The standard InChI is InChI=1S/C20H33N5O2S/c1-14(2)27-17-6-4-3-5-15(17)19-22-11-18(28-19)25-10-9-24-8-7-23(13-21)12-16(24)20(25)26/h14-19,22H,3-12H2,1-2H3/t15?,16-,17?,18?,19?/m1/s1. The molecule has 1 N–H and O–H groups in total. The first-order valence-electron chi connectivity index (χ1n) is 10.8. The van der Waals surface area contributed by atoms with Crippen molar-refractivity contribution in [2.45, 2.75) is 68.5 Å². The summed E-state index contributed by atoms with van der Waals surface area (Å²) in [5.41, 5.74) is 0. The molecule has 3 aliphatic heterocycles. The number of nitriles is 1. The van der Waals surface area contributed by atoms with E-state index in [2.05, 4.69) is 35.2 Å². The third-order valence-electron chi connectivity index (χ3n) is 6.56. The molecule has 5 atom stereocenters. The van der Waals surface area contributed by atoms with Crippen LogP contribution in [0.25, 0.3) is 0 Å². The molecule has 156 valence electrons. The Bertz CT molecular complexity index is 612. The Balaban J connectivity index is 1.38. The van der Waals surface area contributed by atoms with Crippen molar-refractivity contribution in [3.63, 3.8) is 0 Å². The first-order chi connectivity index (χ1) is 13.6. The van der Waals surface area contributed by atoms with E-state index < -0.39 is 0 Å². The largest absolute Gasteiger partial charge is 0.375 e. The van der Waals surface area contributed by atoms with E-state index >= 15 is 0 Å². The van der Waals surface area contributed by atoms with Gasteiger partial charge in [0.15, 0.2) is 6.19 Å². The van der Waals surface area contributed by atoms with E-state index in [1.807, 2.05) is 11.8 Å². The number of fused-ring (bicyclic) bond motifs is 1. The summed E-state index contributed by atoms with van der Waals surface area (Å²) >= 11 is 1.92. The summed E-state index contributed by atoms with van der Waals surface area (Å²) in [7, 11) is 0. The van der Waals surface area contributed by atoms with Crippen molar-refractivity contribution >= 4 is 17.7 Å². The van der Waals surface area contributed by atoms with E-state index in [0.29, 0.717) is 23.9 Å². The number of hydrogen-bond acceptors (Lipinski definition) is 7. The Morgan fingerprint density at radius 1 is 1.21 bits per heavy atom. The summed E-state index contributed by atoms with van der Waals surface area (Å²) in [6.45, 7) is 8.89. The molecule has 28 heavy (non-hydrogen) atoms. The van der Waals surface area contributed by atoms with E-state index in [9.17, 15) is 10.1 Å². The maximum atomic E-state index is 13.2. The minimum absolute atomic E-state index is 0.159. The highest BCUT2D eigenvalue weighted by atomic mass is 32.2. The molecule has 4 rings (SSSR count). The molecule has 0 aromatic rings. The molecule has 4 fully saturated rings. The van der Waals surface area contributed by atoms with Gasteiger partial charge in [0.1, 0.15) is 6.04 Å². The number of ether oxygens (including phenoxy) is 1. The Hall–Kier alpha value is -1.01. The zero-order chi connectivity index (χ0) is 19.7. The molecule has 0 spiro atoms. The van der Waals surface area contributed by atoms with Crippen molar-refractivity contribution < 1.29 is 9.53 Å². The van der Waals surface area contributed by atoms with Crippen LogP contribution in [0.4, 0.5) is 0 Å². The smallest absolute Gasteiger partial charge is 0.242 e. The van der Waals surface area contributed by atoms with Crippen LogP contribution in [0.3, 0.4) is 0 Å². The summed E-state index contributed by atoms with van der Waals surface area (Å²) < 4.78 is 6.24. The zero-order valence-corrected chi connectivity index (χ0v) is 17.9. The van der Waals surface area contributed by atoms with Crippen molar-refractivity contribution in [2.24, 2.45) is 5.92 Å². The first-order valence-corrected chi connectivity index (χ1v) is 11.7. The van der Waals surface area contributed by atoms with Crippen LogP contribution in [0, 0.1) is 17.4 Å². The molecule has 8 heteroatoms. The van der Waals surface area contributed by atoms with Crippen LogP contribution in [0.1, 0.15) is 39.5 Å². The van der Waals surface area contributed by atoms with E-state index in [0.717, 1.165) is 39.1 Å². The van der Waals surface area contributed by atoms with Crippen LogP contribution in [0.5, 0.6) is 0 Å². The zero-order valence-electron chi connectivity index (χ0n) is 17.0. The minimum Gasteiger partial charge on any atom is -0.375 e. The minimum atomic E-state index is -0.159. The number of piperazine rings is 2. The first kappa shape index (κ1) is 20.3. The number of nitrogens with one attached hydrogen (secondary N) is 1. The summed E-state index contributed by atoms with van der Waals surface area (Å²) in [5.74, 6) is 0.719. The van der Waals surface area contributed by atoms with Gasteiger partial charge in [0, 0.05) is 38.6 Å². The molecule has 3 heterocycles. The van der Waals surface area contributed by atoms with E-state index in [-0.39, 0.29) is 23.4 Å². The number of thioether (sulfide) groups is 1. The second-order valence-corrected chi connectivity index (χ2v) is 10.0. The fourth-order valence-corrected chi connectivity index (χ4v) is 6.74. The summed E-state index contributed by atoms with van der Waals surface area (Å²) in [4.78, 5) is 19.2. The lowest BCUT2D eigenvalue weighted by atomic mass is 9.86. The molecule has 3 saturated heterocycles. The molecule has 1 saturated carbocycles. The van der Waals surface area contributed by atoms with Crippen LogP contribution in [0.2, 0.25) is 0 Å². The maximum Gasteiger partial charge on any atom is 0.242 e. The highest BCUT2D eigenvalue weighted by molar-refractivity contribution is 8.00. The predicted octanol–water partition coefficient (Wildman–Crippen LogP) is 1.27. The third kappa shape index (κ3) is 4.13. The molecule has 7 nitrogen and oxygen atoms in total. The second kappa shape index (κ2) is 8.78. The van der Waals surface area contributed by atoms with E-state index in [1.165, 1.54) is 19.3 Å². The normalized spacial score (nSPS) is 37.2. The van der Waals surface area contributed by atoms with Gasteiger partial charge in [0.2, 0.25) is 5.91 Å². The lowest BCUT2D eigenvalue weighted by Gasteiger charge is -2.46. The van der Waals surface area contributed by atoms with Crippen LogP contribution in [-0.2, 0) is 9.53 Å². The number of carbonyl (C=O) groups is 1. The van der Waals surface area contributed by atoms with E-state index in [1.54, 1.807) is 4.90 Å². The number of amides is 1. The second-order valence-electron chi connectivity index (χ2n) is 8.72. The third-order valence-corrected chi connectivity index (χ3v) is 8.11. The predicted molar refractivity (Wildman–Crippen MR) is 109 cm³/mol. The molecule has 0 aromatic heterocycles.